The summed E-state index contributed by atoms with van der Waals surface area (Å²) in [4.78, 5) is 24.7. The number of Topliss-reactive ketones (excluding diaryl/α,β-unsaturated/α-hetero) is 1. The summed E-state index contributed by atoms with van der Waals surface area (Å²) in [5.74, 6) is 0.992. The van der Waals surface area contributed by atoms with Crippen molar-refractivity contribution in [3.63, 3.8) is 0 Å². The predicted molar refractivity (Wildman–Crippen MR) is 107 cm³/mol. The Hall–Kier alpha value is -1.42. The number of aliphatic hydroxyl groups excluding tert-OH is 1. The molecule has 4 nitrogen and oxygen atoms in total. The van der Waals surface area contributed by atoms with E-state index in [2.05, 4.69) is 20.4 Å². The summed E-state index contributed by atoms with van der Waals surface area (Å²) >= 11 is 0. The van der Waals surface area contributed by atoms with E-state index in [0.717, 1.165) is 44.1 Å². The molecule has 0 radical (unpaired) electrons. The maximum Gasteiger partial charge on any atom is 0.303 e. The lowest BCUT2D eigenvalue weighted by molar-refractivity contribution is -0.186. The molecule has 0 saturated heterocycles. The Kier molecular flexibility index (Phi) is 4.46. The predicted octanol–water partition coefficient (Wildman–Crippen LogP) is 4.37. The van der Waals surface area contributed by atoms with Gasteiger partial charge in [0, 0.05) is 12.3 Å². The molecule has 3 fully saturated rings. The minimum absolute atomic E-state index is 0.00614. The summed E-state index contributed by atoms with van der Waals surface area (Å²) in [6.07, 6.45) is 7.91. The zero-order valence-electron chi connectivity index (χ0n) is 17.7. The lowest BCUT2D eigenvalue weighted by Crippen LogP contribution is -2.58. The monoisotopic (exact) mass is 386 g/mol. The second kappa shape index (κ2) is 6.29. The van der Waals surface area contributed by atoms with Gasteiger partial charge < -0.3 is 9.84 Å². The van der Waals surface area contributed by atoms with E-state index < -0.39 is 5.60 Å². The number of rotatable bonds is 2. The number of ether oxygens (including phenoxy) is 1. The van der Waals surface area contributed by atoms with Crippen molar-refractivity contribution in [3.05, 3.63) is 23.8 Å². The van der Waals surface area contributed by atoms with Gasteiger partial charge in [-0.2, -0.15) is 0 Å². The summed E-state index contributed by atoms with van der Waals surface area (Å²) in [5, 5.41) is 10.2. The summed E-state index contributed by atoms with van der Waals surface area (Å²) in [5.41, 5.74) is 1.20. The number of hydrogen-bond donors (Lipinski definition) is 1. The molecule has 0 aromatic carbocycles. The van der Waals surface area contributed by atoms with Crippen LogP contribution in [-0.2, 0) is 14.3 Å². The van der Waals surface area contributed by atoms with Gasteiger partial charge in [0.25, 0.3) is 0 Å². The van der Waals surface area contributed by atoms with Crippen LogP contribution < -0.4 is 0 Å². The molecule has 4 aliphatic carbocycles. The van der Waals surface area contributed by atoms with Crippen LogP contribution in [0.15, 0.2) is 23.8 Å². The van der Waals surface area contributed by atoms with E-state index in [0.29, 0.717) is 24.2 Å². The van der Waals surface area contributed by atoms with Crippen molar-refractivity contribution in [3.8, 4) is 0 Å². The summed E-state index contributed by atoms with van der Waals surface area (Å²) in [7, 11) is 0. The van der Waals surface area contributed by atoms with E-state index >= 15 is 0 Å². The van der Waals surface area contributed by atoms with E-state index in [1.54, 1.807) is 6.92 Å². The summed E-state index contributed by atoms with van der Waals surface area (Å²) in [6.45, 7) is 11.9. The second-order valence-electron chi connectivity index (χ2n) is 10.3. The zero-order valence-corrected chi connectivity index (χ0v) is 17.7. The van der Waals surface area contributed by atoms with Crippen LogP contribution in [0.25, 0.3) is 0 Å². The lowest BCUT2D eigenvalue weighted by atomic mass is 9.45. The first-order chi connectivity index (χ1) is 13.0. The van der Waals surface area contributed by atoms with Crippen molar-refractivity contribution in [2.75, 3.05) is 0 Å². The fourth-order valence-electron chi connectivity index (χ4n) is 7.77. The molecule has 0 spiro atoms. The number of fused-ring (bicyclic) bond motifs is 5. The van der Waals surface area contributed by atoms with E-state index in [4.69, 9.17) is 4.74 Å². The topological polar surface area (TPSA) is 63.6 Å². The van der Waals surface area contributed by atoms with E-state index in [9.17, 15) is 14.7 Å². The average molecular weight is 387 g/mol. The molecule has 1 N–H and O–H groups in total. The van der Waals surface area contributed by atoms with Crippen LogP contribution in [0, 0.1) is 28.6 Å². The standard InChI is InChI=1S/C24H34O4/c1-14-12-18-19(22(4)9-6-17(27)13-21(14)22)7-10-23(5)20(18)8-11-24(23,15(2)25)28-16(3)26/h13,17-20,27H,1,6-12H2,2-5H3/t17?,18-,19+,20+,22-,23+,24+/m1/s1. The summed E-state index contributed by atoms with van der Waals surface area (Å²) in [6, 6.07) is 0. The number of esters is 1. The van der Waals surface area contributed by atoms with Crippen molar-refractivity contribution in [1.82, 2.24) is 0 Å². The van der Waals surface area contributed by atoms with Crippen molar-refractivity contribution in [1.29, 1.82) is 0 Å². The fourth-order valence-corrected chi connectivity index (χ4v) is 7.77. The molecular weight excluding hydrogens is 352 g/mol. The molecule has 4 aliphatic rings. The molecule has 0 aromatic rings. The highest BCUT2D eigenvalue weighted by Gasteiger charge is 2.68. The van der Waals surface area contributed by atoms with Gasteiger partial charge >= 0.3 is 5.97 Å². The first kappa shape index (κ1) is 19.9. The number of aliphatic hydroxyl groups is 1. The Morgan fingerprint density at radius 2 is 1.79 bits per heavy atom. The first-order valence-electron chi connectivity index (χ1n) is 10.8. The molecule has 3 saturated carbocycles. The maximum absolute atomic E-state index is 12.8. The molecule has 4 heteroatoms. The van der Waals surface area contributed by atoms with Crippen molar-refractivity contribution < 1.29 is 19.4 Å². The van der Waals surface area contributed by atoms with Crippen LogP contribution in [0.1, 0.15) is 72.6 Å². The first-order valence-corrected chi connectivity index (χ1v) is 10.8. The van der Waals surface area contributed by atoms with Crippen LogP contribution in [0.5, 0.6) is 0 Å². The number of carbonyl (C=O) groups excluding carboxylic acids is 2. The molecule has 0 aliphatic heterocycles. The van der Waals surface area contributed by atoms with Crippen molar-refractivity contribution >= 4 is 11.8 Å². The largest absolute Gasteiger partial charge is 0.451 e. The Balaban J connectivity index is 1.74. The molecule has 0 aromatic heterocycles. The molecule has 4 rings (SSSR count). The van der Waals surface area contributed by atoms with Gasteiger partial charge in [-0.3, -0.25) is 9.59 Å². The van der Waals surface area contributed by atoms with Gasteiger partial charge in [0.2, 0.25) is 0 Å². The highest BCUT2D eigenvalue weighted by atomic mass is 16.6. The Morgan fingerprint density at radius 1 is 1.11 bits per heavy atom. The van der Waals surface area contributed by atoms with Crippen molar-refractivity contribution in [2.45, 2.75) is 84.3 Å². The fraction of sp³-hybridized carbons (Fsp3) is 0.750. The summed E-state index contributed by atoms with van der Waals surface area (Å²) < 4.78 is 5.83. The Bertz CT molecular complexity index is 767. The average Bonchev–Trinajstić information content (AvgIpc) is 2.90. The smallest absolute Gasteiger partial charge is 0.303 e. The normalized spacial score (nSPS) is 47.5. The number of ketones is 1. The maximum atomic E-state index is 12.8. The minimum Gasteiger partial charge on any atom is -0.451 e. The molecule has 28 heavy (non-hydrogen) atoms. The Labute approximate surface area is 168 Å². The zero-order chi connectivity index (χ0) is 20.5. The van der Waals surface area contributed by atoms with Gasteiger partial charge in [-0.25, -0.2) is 0 Å². The van der Waals surface area contributed by atoms with Gasteiger partial charge in [0.1, 0.15) is 0 Å². The minimum atomic E-state index is -0.977. The highest BCUT2D eigenvalue weighted by molar-refractivity contribution is 5.89. The number of allylic oxidation sites excluding steroid dienone is 2. The third-order valence-electron chi connectivity index (χ3n) is 9.06. The van der Waals surface area contributed by atoms with Crippen LogP contribution in [0.4, 0.5) is 0 Å². The second-order valence-corrected chi connectivity index (χ2v) is 10.3. The lowest BCUT2D eigenvalue weighted by Gasteiger charge is -2.59. The molecule has 1 unspecified atom stereocenters. The van der Waals surface area contributed by atoms with Gasteiger partial charge in [0.05, 0.1) is 6.10 Å². The molecule has 0 heterocycles. The van der Waals surface area contributed by atoms with Gasteiger partial charge in [-0.15, -0.1) is 0 Å². The van der Waals surface area contributed by atoms with Crippen LogP contribution in [0.2, 0.25) is 0 Å². The highest BCUT2D eigenvalue weighted by Crippen LogP contribution is 2.69. The number of carbonyl (C=O) groups is 2. The molecular formula is C24H34O4. The Morgan fingerprint density at radius 3 is 2.43 bits per heavy atom. The third-order valence-corrected chi connectivity index (χ3v) is 9.06. The van der Waals surface area contributed by atoms with E-state index in [1.165, 1.54) is 12.5 Å². The third kappa shape index (κ3) is 2.46. The van der Waals surface area contributed by atoms with Crippen LogP contribution in [-0.4, -0.2) is 28.6 Å². The van der Waals surface area contributed by atoms with Crippen LogP contribution in [0.3, 0.4) is 0 Å². The number of hydrogen-bond acceptors (Lipinski definition) is 4. The van der Waals surface area contributed by atoms with Gasteiger partial charge in [-0.05, 0) is 80.6 Å². The van der Waals surface area contributed by atoms with E-state index in [-0.39, 0.29) is 28.7 Å². The van der Waals surface area contributed by atoms with E-state index in [1.807, 2.05) is 6.08 Å². The molecule has 0 bridgehead atoms. The van der Waals surface area contributed by atoms with Gasteiger partial charge in [-0.1, -0.05) is 32.1 Å². The SMILES string of the molecule is C=C1C[C@@H]2[C@H](CC[C@@]3(C)[C@H]2CC[C@]3(OC(C)=O)C(C)=O)[C@@]2(C)CCC(O)C=C12. The molecule has 0 amide bonds. The molecule has 7 atom stereocenters. The van der Waals surface area contributed by atoms with Crippen molar-refractivity contribution in [2.24, 2.45) is 28.6 Å². The molecule has 154 valence electrons. The quantitative estimate of drug-likeness (QED) is 0.716. The van der Waals surface area contributed by atoms with Crippen LogP contribution >= 0.6 is 0 Å². The van der Waals surface area contributed by atoms with Gasteiger partial charge in [0.15, 0.2) is 11.4 Å².